The zero-order valence-corrected chi connectivity index (χ0v) is 21.1. The summed E-state index contributed by atoms with van der Waals surface area (Å²) in [7, 11) is 0. The van der Waals surface area contributed by atoms with Gasteiger partial charge in [-0.3, -0.25) is 9.59 Å². The predicted molar refractivity (Wildman–Crippen MR) is 145 cm³/mol. The highest BCUT2D eigenvalue weighted by atomic mass is 32.1. The van der Waals surface area contributed by atoms with Gasteiger partial charge in [0.1, 0.15) is 18.0 Å². The van der Waals surface area contributed by atoms with Crippen LogP contribution in [0, 0.1) is 0 Å². The number of carbonyl (C=O) groups excluding carboxylic acids is 1. The zero-order valence-electron chi connectivity index (χ0n) is 20.3. The molecule has 0 fully saturated rings. The third-order valence-corrected chi connectivity index (χ3v) is 7.05. The molecule has 5 heteroatoms. The van der Waals surface area contributed by atoms with E-state index in [-0.39, 0.29) is 23.4 Å². The lowest BCUT2D eigenvalue weighted by atomic mass is 10.1. The van der Waals surface area contributed by atoms with Gasteiger partial charge >= 0.3 is 0 Å². The highest BCUT2D eigenvalue weighted by Gasteiger charge is 2.14. The number of benzene rings is 3. The molecule has 0 saturated heterocycles. The van der Waals surface area contributed by atoms with Gasteiger partial charge < -0.3 is 9.47 Å². The van der Waals surface area contributed by atoms with Crippen LogP contribution in [0.1, 0.15) is 50.8 Å². The summed E-state index contributed by atoms with van der Waals surface area (Å²) in [4.78, 5) is 25.2. The summed E-state index contributed by atoms with van der Waals surface area (Å²) >= 11 is 1.62. The summed E-state index contributed by atoms with van der Waals surface area (Å²) in [6, 6.07) is 21.3. The van der Waals surface area contributed by atoms with Crippen LogP contribution in [-0.4, -0.2) is 18.5 Å². The van der Waals surface area contributed by atoms with Crippen LogP contribution < -0.4 is 10.2 Å². The number of fused-ring (bicyclic) bond motifs is 2. The van der Waals surface area contributed by atoms with E-state index < -0.39 is 0 Å². The van der Waals surface area contributed by atoms with E-state index >= 15 is 0 Å². The minimum Gasteiger partial charge on any atom is -0.486 e. The zero-order chi connectivity index (χ0) is 24.8. The lowest BCUT2D eigenvalue weighted by Gasteiger charge is -2.16. The smallest absolute Gasteiger partial charge is 0.195 e. The van der Waals surface area contributed by atoms with Gasteiger partial charge in [-0.1, -0.05) is 50.3 Å². The maximum Gasteiger partial charge on any atom is 0.195 e. The second-order valence-electron chi connectivity index (χ2n) is 8.52. The van der Waals surface area contributed by atoms with Gasteiger partial charge in [-0.2, -0.15) is 0 Å². The molecule has 0 aliphatic rings. The van der Waals surface area contributed by atoms with E-state index in [0.717, 1.165) is 43.5 Å². The lowest BCUT2D eigenvalue weighted by Crippen LogP contribution is -2.22. The first-order valence-corrected chi connectivity index (χ1v) is 12.9. The molecule has 4 nitrogen and oxygen atoms in total. The molecule has 4 rings (SSSR count). The van der Waals surface area contributed by atoms with Crippen molar-refractivity contribution in [1.29, 1.82) is 0 Å². The quantitative estimate of drug-likeness (QED) is 0.174. The fourth-order valence-electron chi connectivity index (χ4n) is 3.95. The average molecular weight is 487 g/mol. The summed E-state index contributed by atoms with van der Waals surface area (Å²) in [6.45, 7) is 6.58. The summed E-state index contributed by atoms with van der Waals surface area (Å²) in [6.07, 6.45) is 4.39. The normalized spacial score (nSPS) is 13.3. The van der Waals surface area contributed by atoms with Gasteiger partial charge in [0, 0.05) is 26.8 Å². The van der Waals surface area contributed by atoms with Crippen molar-refractivity contribution in [2.24, 2.45) is 0 Å². The van der Waals surface area contributed by atoms with Crippen molar-refractivity contribution in [3.8, 4) is 5.75 Å². The first-order chi connectivity index (χ1) is 17.0. The monoisotopic (exact) mass is 486 g/mol. The van der Waals surface area contributed by atoms with Crippen molar-refractivity contribution in [1.82, 2.24) is 0 Å². The van der Waals surface area contributed by atoms with Crippen LogP contribution in [0.3, 0.4) is 0 Å². The molecule has 3 aromatic carbocycles. The number of hydrogen-bond acceptors (Lipinski definition) is 5. The van der Waals surface area contributed by atoms with Crippen LogP contribution in [0.25, 0.3) is 26.2 Å². The summed E-state index contributed by atoms with van der Waals surface area (Å²) in [5, 5.41) is 1.50. The van der Waals surface area contributed by atoms with Crippen LogP contribution in [-0.2, 0) is 9.53 Å². The number of rotatable bonds is 10. The molecule has 4 aromatic rings. The standard InChI is InChI=1S/C30H30O4S/c1-4-18-33-27(5-2)26(31)17-12-21-10-14-23(15-11-21)34-20(3)22-13-16-25-29(19-22)35-28-9-7-6-8-24(28)30(25)32/h6-17,19-20,27H,4-5,18H2,1-3H3/b17-12-. The van der Waals surface area contributed by atoms with Crippen molar-refractivity contribution in [3.05, 3.63) is 94.2 Å². The lowest BCUT2D eigenvalue weighted by molar-refractivity contribution is -0.125. The third-order valence-electron chi connectivity index (χ3n) is 5.92. The molecule has 0 amide bonds. The van der Waals surface area contributed by atoms with Crippen molar-refractivity contribution in [3.63, 3.8) is 0 Å². The Labute approximate surface area is 209 Å². The minimum atomic E-state index is -0.381. The molecule has 2 atom stereocenters. The van der Waals surface area contributed by atoms with Crippen molar-refractivity contribution < 1.29 is 14.3 Å². The van der Waals surface area contributed by atoms with E-state index in [0.29, 0.717) is 13.0 Å². The topological polar surface area (TPSA) is 52.6 Å². The molecular weight excluding hydrogens is 456 g/mol. The molecule has 35 heavy (non-hydrogen) atoms. The number of hydrogen-bond donors (Lipinski definition) is 0. The molecule has 2 unspecified atom stereocenters. The van der Waals surface area contributed by atoms with E-state index in [1.165, 1.54) is 0 Å². The van der Waals surface area contributed by atoms with Gasteiger partial charge in [-0.05, 0) is 73.4 Å². The molecule has 0 N–H and O–H groups in total. The largest absolute Gasteiger partial charge is 0.486 e. The maximum absolute atomic E-state index is 12.8. The Balaban J connectivity index is 1.45. The van der Waals surface area contributed by atoms with E-state index in [1.807, 2.05) is 93.6 Å². The van der Waals surface area contributed by atoms with Gasteiger partial charge in [0.05, 0.1) is 0 Å². The van der Waals surface area contributed by atoms with Crippen molar-refractivity contribution in [2.75, 3.05) is 6.61 Å². The number of ketones is 1. The van der Waals surface area contributed by atoms with Crippen LogP contribution in [0.4, 0.5) is 0 Å². The molecule has 1 heterocycles. The Morgan fingerprint density at radius 1 is 0.971 bits per heavy atom. The van der Waals surface area contributed by atoms with Gasteiger partial charge in [0.15, 0.2) is 11.2 Å². The highest BCUT2D eigenvalue weighted by Crippen LogP contribution is 2.29. The first kappa shape index (κ1) is 24.8. The van der Waals surface area contributed by atoms with Crippen LogP contribution >= 0.6 is 11.3 Å². The second kappa shape index (κ2) is 11.4. The van der Waals surface area contributed by atoms with Crippen LogP contribution in [0.2, 0.25) is 0 Å². The highest BCUT2D eigenvalue weighted by molar-refractivity contribution is 7.24. The summed E-state index contributed by atoms with van der Waals surface area (Å²) in [5.41, 5.74) is 2.00. The average Bonchev–Trinajstić information content (AvgIpc) is 2.88. The molecular formula is C30H30O4S. The van der Waals surface area contributed by atoms with Crippen molar-refractivity contribution in [2.45, 2.75) is 45.8 Å². The Kier molecular flexibility index (Phi) is 8.11. The van der Waals surface area contributed by atoms with Gasteiger partial charge in [0.2, 0.25) is 0 Å². The molecule has 0 aliphatic carbocycles. The maximum atomic E-state index is 12.8. The number of carbonyl (C=O) groups is 1. The SMILES string of the molecule is CCCOC(CC)C(=O)/C=C\c1ccc(OC(C)c2ccc3c(=O)c4ccccc4sc3c2)cc1. The molecule has 180 valence electrons. The molecule has 0 aliphatic heterocycles. The Hall–Kier alpha value is -3.28. The molecule has 0 spiro atoms. The van der Waals surface area contributed by atoms with E-state index in [2.05, 4.69) is 0 Å². The second-order valence-corrected chi connectivity index (χ2v) is 9.60. The van der Waals surface area contributed by atoms with Gasteiger partial charge in [0.25, 0.3) is 0 Å². The predicted octanol–water partition coefficient (Wildman–Crippen LogP) is 7.34. The van der Waals surface area contributed by atoms with E-state index in [1.54, 1.807) is 17.4 Å². The fourth-order valence-corrected chi connectivity index (χ4v) is 5.07. The molecule has 1 aromatic heterocycles. The summed E-state index contributed by atoms with van der Waals surface area (Å²) < 4.78 is 13.7. The summed E-state index contributed by atoms with van der Waals surface area (Å²) in [5.74, 6) is 0.728. The van der Waals surface area contributed by atoms with Crippen LogP contribution in [0.15, 0.2) is 77.6 Å². The number of ether oxygens (including phenoxy) is 2. The van der Waals surface area contributed by atoms with E-state index in [4.69, 9.17) is 9.47 Å². The first-order valence-electron chi connectivity index (χ1n) is 12.1. The van der Waals surface area contributed by atoms with Gasteiger partial charge in [-0.15, -0.1) is 11.3 Å². The Morgan fingerprint density at radius 3 is 2.46 bits per heavy atom. The third kappa shape index (κ3) is 5.87. The minimum absolute atomic E-state index is 0.0127. The van der Waals surface area contributed by atoms with Crippen LogP contribution in [0.5, 0.6) is 5.75 Å². The molecule has 0 bridgehead atoms. The molecule has 0 saturated carbocycles. The Bertz CT molecular complexity index is 1400. The van der Waals surface area contributed by atoms with E-state index in [9.17, 15) is 9.59 Å². The fraction of sp³-hybridized carbons (Fsp3) is 0.267. The Morgan fingerprint density at radius 2 is 1.71 bits per heavy atom. The van der Waals surface area contributed by atoms with Gasteiger partial charge in [-0.25, -0.2) is 0 Å². The van der Waals surface area contributed by atoms with Crippen molar-refractivity contribution >= 4 is 43.4 Å². The molecule has 0 radical (unpaired) electrons.